The molecule has 0 bridgehead atoms. The molecule has 0 amide bonds. The van der Waals surface area contributed by atoms with Crippen molar-refractivity contribution in [3.63, 3.8) is 0 Å². The molecule has 2 aromatic carbocycles. The molecule has 2 nitrogen and oxygen atoms in total. The van der Waals surface area contributed by atoms with Gasteiger partial charge in [0.05, 0.1) is 5.25 Å². The third kappa shape index (κ3) is 2.51. The molecule has 1 aliphatic rings. The zero-order valence-corrected chi connectivity index (χ0v) is 11.5. The fourth-order valence-corrected chi connectivity index (χ4v) is 3.36. The number of rotatable bonds is 2. The third-order valence-corrected chi connectivity index (χ3v) is 4.42. The van der Waals surface area contributed by atoms with Crippen molar-refractivity contribution in [2.45, 2.75) is 11.4 Å². The van der Waals surface area contributed by atoms with E-state index in [0.29, 0.717) is 0 Å². The van der Waals surface area contributed by atoms with Gasteiger partial charge in [0.1, 0.15) is 6.10 Å². The van der Waals surface area contributed by atoms with E-state index in [9.17, 15) is 0 Å². The topological polar surface area (TPSA) is 21.6 Å². The van der Waals surface area contributed by atoms with Crippen LogP contribution in [0.4, 0.5) is 0 Å². The molecule has 2 aromatic rings. The van der Waals surface area contributed by atoms with E-state index >= 15 is 0 Å². The molecule has 1 saturated heterocycles. The van der Waals surface area contributed by atoms with Gasteiger partial charge in [0.2, 0.25) is 5.23 Å². The maximum Gasteiger partial charge on any atom is 0.246 e. The van der Waals surface area contributed by atoms with Crippen molar-refractivity contribution in [3.8, 4) is 0 Å². The van der Waals surface area contributed by atoms with E-state index in [4.69, 9.17) is 4.74 Å². The lowest BCUT2D eigenvalue weighted by Crippen LogP contribution is -2.05. The second-order valence-electron chi connectivity index (χ2n) is 4.39. The Labute approximate surface area is 117 Å². The highest BCUT2D eigenvalue weighted by Crippen LogP contribution is 2.49. The number of benzene rings is 2. The van der Waals surface area contributed by atoms with Gasteiger partial charge in [0.25, 0.3) is 0 Å². The van der Waals surface area contributed by atoms with Crippen LogP contribution in [0.15, 0.2) is 65.7 Å². The molecule has 1 fully saturated rings. The van der Waals surface area contributed by atoms with E-state index in [1.54, 1.807) is 18.8 Å². The molecular weight excluding hydrogens is 254 g/mol. The summed E-state index contributed by atoms with van der Waals surface area (Å²) in [7, 11) is 1.78. The largest absolute Gasteiger partial charge is 0.463 e. The summed E-state index contributed by atoms with van der Waals surface area (Å²) in [6.45, 7) is 0. The lowest BCUT2D eigenvalue weighted by Gasteiger charge is -2.17. The van der Waals surface area contributed by atoms with Gasteiger partial charge in [-0.3, -0.25) is 0 Å². The van der Waals surface area contributed by atoms with Gasteiger partial charge < -0.3 is 4.74 Å². The van der Waals surface area contributed by atoms with Crippen molar-refractivity contribution in [2.75, 3.05) is 7.05 Å². The second-order valence-corrected chi connectivity index (χ2v) is 5.48. The first kappa shape index (κ1) is 12.3. The molecule has 1 heterocycles. The van der Waals surface area contributed by atoms with Crippen LogP contribution < -0.4 is 0 Å². The van der Waals surface area contributed by atoms with Crippen molar-refractivity contribution < 1.29 is 4.74 Å². The summed E-state index contributed by atoms with van der Waals surface area (Å²) in [5.41, 5.74) is 2.47. The molecule has 19 heavy (non-hydrogen) atoms. The summed E-state index contributed by atoms with van der Waals surface area (Å²) in [5, 5.41) is 1.03. The number of hydrogen-bond donors (Lipinski definition) is 0. The minimum Gasteiger partial charge on any atom is -0.463 e. The summed E-state index contributed by atoms with van der Waals surface area (Å²) in [6, 6.07) is 20.8. The second kappa shape index (κ2) is 5.49. The Morgan fingerprint density at radius 1 is 0.895 bits per heavy atom. The summed E-state index contributed by atoms with van der Waals surface area (Å²) in [6.07, 6.45) is 0.0345. The van der Waals surface area contributed by atoms with Gasteiger partial charge in [-0.2, -0.15) is 0 Å². The predicted molar refractivity (Wildman–Crippen MR) is 80.4 cm³/mol. The van der Waals surface area contributed by atoms with E-state index in [-0.39, 0.29) is 11.4 Å². The molecule has 1 aliphatic heterocycles. The number of ether oxygens (including phenoxy) is 1. The van der Waals surface area contributed by atoms with Crippen molar-refractivity contribution in [1.82, 2.24) is 0 Å². The van der Waals surface area contributed by atoms with Crippen LogP contribution in [0.2, 0.25) is 0 Å². The highest BCUT2D eigenvalue weighted by atomic mass is 32.2. The summed E-state index contributed by atoms with van der Waals surface area (Å²) < 4.78 is 5.98. The van der Waals surface area contributed by atoms with Crippen LogP contribution in [0, 0.1) is 0 Å². The first-order chi connectivity index (χ1) is 9.38. The number of thioether (sulfide) groups is 1. The Morgan fingerprint density at radius 3 is 2.05 bits per heavy atom. The van der Waals surface area contributed by atoms with Gasteiger partial charge in [-0.1, -0.05) is 72.4 Å². The first-order valence-electron chi connectivity index (χ1n) is 6.28. The molecule has 0 N–H and O–H groups in total. The molecule has 3 heteroatoms. The van der Waals surface area contributed by atoms with Gasteiger partial charge in [-0.05, 0) is 11.1 Å². The fourth-order valence-electron chi connectivity index (χ4n) is 2.25. The summed E-state index contributed by atoms with van der Waals surface area (Å²) >= 11 is 1.69. The first-order valence-corrected chi connectivity index (χ1v) is 7.16. The smallest absolute Gasteiger partial charge is 0.246 e. The maximum absolute atomic E-state index is 5.98. The normalized spacial score (nSPS) is 24.4. The van der Waals surface area contributed by atoms with Crippen LogP contribution in [-0.2, 0) is 4.74 Å². The minimum absolute atomic E-state index is 0.0345. The zero-order chi connectivity index (χ0) is 13.1. The number of aliphatic imine (C=N–C) groups is 1. The average molecular weight is 269 g/mol. The van der Waals surface area contributed by atoms with Crippen LogP contribution >= 0.6 is 11.8 Å². The quantitative estimate of drug-likeness (QED) is 0.814. The van der Waals surface area contributed by atoms with Gasteiger partial charge in [0.15, 0.2) is 0 Å². The van der Waals surface area contributed by atoms with E-state index in [1.165, 1.54) is 11.1 Å². The van der Waals surface area contributed by atoms with Crippen LogP contribution in [0.25, 0.3) is 0 Å². The van der Waals surface area contributed by atoms with E-state index in [0.717, 1.165) is 5.23 Å². The molecule has 2 atom stereocenters. The Kier molecular flexibility index (Phi) is 3.56. The molecule has 0 aliphatic carbocycles. The van der Waals surface area contributed by atoms with Gasteiger partial charge in [-0.15, -0.1) is 0 Å². The lowest BCUT2D eigenvalue weighted by atomic mass is 10.0. The fraction of sp³-hybridized carbons (Fsp3) is 0.188. The molecule has 0 radical (unpaired) electrons. The van der Waals surface area contributed by atoms with Gasteiger partial charge in [0, 0.05) is 7.05 Å². The highest BCUT2D eigenvalue weighted by molar-refractivity contribution is 8.14. The predicted octanol–water partition coefficient (Wildman–Crippen LogP) is 4.22. The Bertz CT molecular complexity index is 518. The lowest BCUT2D eigenvalue weighted by molar-refractivity contribution is 0.209. The minimum atomic E-state index is 0.0345. The zero-order valence-electron chi connectivity index (χ0n) is 10.7. The Balaban J connectivity index is 1.97. The monoisotopic (exact) mass is 269 g/mol. The molecule has 0 spiro atoms. The SMILES string of the molecule is CN=C1OC(c2ccccc2)C(c2ccccc2)S1. The highest BCUT2D eigenvalue weighted by Gasteiger charge is 2.36. The number of nitrogens with zero attached hydrogens (tertiary/aromatic N) is 1. The molecular formula is C16H15NOS. The van der Waals surface area contributed by atoms with Gasteiger partial charge >= 0.3 is 0 Å². The third-order valence-electron chi connectivity index (χ3n) is 3.17. The van der Waals surface area contributed by atoms with Crippen LogP contribution in [0.5, 0.6) is 0 Å². The number of hydrogen-bond acceptors (Lipinski definition) is 3. The van der Waals surface area contributed by atoms with E-state index < -0.39 is 0 Å². The molecule has 0 aromatic heterocycles. The molecule has 3 rings (SSSR count). The molecule has 0 saturated carbocycles. The summed E-state index contributed by atoms with van der Waals surface area (Å²) in [5.74, 6) is 0. The van der Waals surface area contributed by atoms with Crippen molar-refractivity contribution >= 4 is 17.0 Å². The van der Waals surface area contributed by atoms with Crippen LogP contribution in [0.3, 0.4) is 0 Å². The van der Waals surface area contributed by atoms with Crippen molar-refractivity contribution in [2.24, 2.45) is 4.99 Å². The van der Waals surface area contributed by atoms with E-state index in [2.05, 4.69) is 41.4 Å². The van der Waals surface area contributed by atoms with E-state index in [1.807, 2.05) is 24.3 Å². The van der Waals surface area contributed by atoms with Gasteiger partial charge in [-0.25, -0.2) is 4.99 Å². The maximum atomic E-state index is 5.98. The molecule has 96 valence electrons. The Hall–Kier alpha value is -1.74. The van der Waals surface area contributed by atoms with Crippen LogP contribution in [0.1, 0.15) is 22.5 Å². The molecule has 2 unspecified atom stereocenters. The standard InChI is InChI=1S/C16H15NOS/c1-17-16-18-14(12-8-4-2-5-9-12)15(19-16)13-10-6-3-7-11-13/h2-11,14-15H,1H3. The Morgan fingerprint density at radius 2 is 1.47 bits per heavy atom. The van der Waals surface area contributed by atoms with Crippen molar-refractivity contribution in [1.29, 1.82) is 0 Å². The summed E-state index contributed by atoms with van der Waals surface area (Å²) in [4.78, 5) is 4.20. The van der Waals surface area contributed by atoms with Crippen molar-refractivity contribution in [3.05, 3.63) is 71.8 Å². The average Bonchev–Trinajstić information content (AvgIpc) is 2.93. The van der Waals surface area contributed by atoms with Crippen LogP contribution in [-0.4, -0.2) is 12.3 Å².